The molecule has 0 spiro atoms. The SMILES string of the molecule is CCCC(C)C(=O)C(C)CCOC. The van der Waals surface area contributed by atoms with Gasteiger partial charge in [-0.2, -0.15) is 0 Å². The van der Waals surface area contributed by atoms with E-state index in [1.165, 1.54) is 0 Å². The minimum absolute atomic E-state index is 0.154. The van der Waals surface area contributed by atoms with Gasteiger partial charge in [0.2, 0.25) is 0 Å². The summed E-state index contributed by atoms with van der Waals surface area (Å²) in [6.45, 7) is 6.82. The largest absolute Gasteiger partial charge is 0.385 e. The lowest BCUT2D eigenvalue weighted by molar-refractivity contribution is -0.126. The Labute approximate surface area is 81.7 Å². The average molecular weight is 186 g/mol. The number of carbonyl (C=O) groups excluding carboxylic acids is 1. The Morgan fingerprint density at radius 3 is 2.23 bits per heavy atom. The van der Waals surface area contributed by atoms with E-state index < -0.39 is 0 Å². The molecular weight excluding hydrogens is 164 g/mol. The van der Waals surface area contributed by atoms with Gasteiger partial charge < -0.3 is 4.74 Å². The molecule has 0 heterocycles. The zero-order valence-electron chi connectivity index (χ0n) is 9.30. The summed E-state index contributed by atoms with van der Waals surface area (Å²) in [6, 6.07) is 0. The normalized spacial score (nSPS) is 15.4. The van der Waals surface area contributed by atoms with Crippen molar-refractivity contribution in [2.75, 3.05) is 13.7 Å². The summed E-state index contributed by atoms with van der Waals surface area (Å²) < 4.78 is 4.95. The number of carbonyl (C=O) groups is 1. The third-order valence-corrected chi connectivity index (χ3v) is 2.45. The van der Waals surface area contributed by atoms with E-state index in [9.17, 15) is 4.79 Å². The van der Waals surface area contributed by atoms with Crippen molar-refractivity contribution in [3.8, 4) is 0 Å². The molecule has 0 radical (unpaired) electrons. The van der Waals surface area contributed by atoms with Crippen molar-refractivity contribution in [3.05, 3.63) is 0 Å². The van der Waals surface area contributed by atoms with Crippen LogP contribution in [0.4, 0.5) is 0 Å². The second-order valence-corrected chi connectivity index (χ2v) is 3.77. The Balaban J connectivity index is 3.79. The first-order valence-electron chi connectivity index (χ1n) is 5.16. The zero-order chi connectivity index (χ0) is 10.3. The van der Waals surface area contributed by atoms with Gasteiger partial charge in [-0.1, -0.05) is 27.2 Å². The molecule has 2 nitrogen and oxygen atoms in total. The lowest BCUT2D eigenvalue weighted by atomic mass is 9.90. The van der Waals surface area contributed by atoms with E-state index in [-0.39, 0.29) is 11.8 Å². The Morgan fingerprint density at radius 1 is 1.23 bits per heavy atom. The molecule has 0 aromatic rings. The van der Waals surface area contributed by atoms with Gasteiger partial charge in [-0.05, 0) is 12.8 Å². The molecule has 2 heteroatoms. The third kappa shape index (κ3) is 5.04. The molecule has 0 aromatic carbocycles. The Bertz CT molecular complexity index is 143. The van der Waals surface area contributed by atoms with Gasteiger partial charge in [0.25, 0.3) is 0 Å². The Morgan fingerprint density at radius 2 is 1.77 bits per heavy atom. The van der Waals surface area contributed by atoms with Gasteiger partial charge in [0.15, 0.2) is 0 Å². The lowest BCUT2D eigenvalue weighted by Crippen LogP contribution is -2.20. The number of rotatable bonds is 7. The zero-order valence-corrected chi connectivity index (χ0v) is 9.30. The molecule has 0 aliphatic rings. The summed E-state index contributed by atoms with van der Waals surface area (Å²) in [5, 5.41) is 0. The predicted molar refractivity (Wildman–Crippen MR) is 54.7 cm³/mol. The van der Waals surface area contributed by atoms with Gasteiger partial charge in [-0.3, -0.25) is 4.79 Å². The highest BCUT2D eigenvalue weighted by atomic mass is 16.5. The first kappa shape index (κ1) is 12.6. The van der Waals surface area contributed by atoms with E-state index >= 15 is 0 Å². The number of hydrogen-bond acceptors (Lipinski definition) is 2. The lowest BCUT2D eigenvalue weighted by Gasteiger charge is -2.14. The van der Waals surface area contributed by atoms with Gasteiger partial charge in [0.05, 0.1) is 0 Å². The van der Waals surface area contributed by atoms with Crippen LogP contribution in [0.5, 0.6) is 0 Å². The van der Waals surface area contributed by atoms with Crippen LogP contribution in [0.2, 0.25) is 0 Å². The molecule has 78 valence electrons. The molecule has 0 amide bonds. The molecular formula is C11H22O2. The van der Waals surface area contributed by atoms with Gasteiger partial charge >= 0.3 is 0 Å². The summed E-state index contributed by atoms with van der Waals surface area (Å²) in [4.78, 5) is 11.7. The molecule has 0 saturated carbocycles. The third-order valence-electron chi connectivity index (χ3n) is 2.45. The van der Waals surface area contributed by atoms with Gasteiger partial charge in [0, 0.05) is 25.6 Å². The van der Waals surface area contributed by atoms with E-state index in [1.807, 2.05) is 13.8 Å². The summed E-state index contributed by atoms with van der Waals surface area (Å²) in [7, 11) is 1.67. The van der Waals surface area contributed by atoms with Crippen molar-refractivity contribution in [1.29, 1.82) is 0 Å². The Kier molecular flexibility index (Phi) is 6.87. The first-order valence-corrected chi connectivity index (χ1v) is 5.16. The molecule has 0 aliphatic carbocycles. The van der Waals surface area contributed by atoms with E-state index in [4.69, 9.17) is 4.74 Å². The summed E-state index contributed by atoms with van der Waals surface area (Å²) in [5.74, 6) is 0.761. The highest BCUT2D eigenvalue weighted by Gasteiger charge is 2.18. The molecule has 0 bridgehead atoms. The van der Waals surface area contributed by atoms with Crippen molar-refractivity contribution in [2.45, 2.75) is 40.0 Å². The number of ether oxygens (including phenoxy) is 1. The maximum Gasteiger partial charge on any atom is 0.138 e. The quantitative estimate of drug-likeness (QED) is 0.611. The van der Waals surface area contributed by atoms with Crippen LogP contribution < -0.4 is 0 Å². The van der Waals surface area contributed by atoms with Crippen LogP contribution in [0.15, 0.2) is 0 Å². The summed E-state index contributed by atoms with van der Waals surface area (Å²) >= 11 is 0. The second-order valence-electron chi connectivity index (χ2n) is 3.77. The van der Waals surface area contributed by atoms with Crippen LogP contribution in [0.25, 0.3) is 0 Å². The maximum absolute atomic E-state index is 11.7. The standard InChI is InChI=1S/C11H22O2/c1-5-6-9(2)11(12)10(3)7-8-13-4/h9-10H,5-8H2,1-4H3. The maximum atomic E-state index is 11.7. The van der Waals surface area contributed by atoms with Crippen molar-refractivity contribution in [3.63, 3.8) is 0 Å². The molecule has 0 fully saturated rings. The fraction of sp³-hybridized carbons (Fsp3) is 0.909. The summed E-state index contributed by atoms with van der Waals surface area (Å²) in [5.41, 5.74) is 0. The predicted octanol–water partition coefficient (Wildman–Crippen LogP) is 2.66. The highest BCUT2D eigenvalue weighted by Crippen LogP contribution is 2.15. The molecule has 0 rings (SSSR count). The molecule has 0 aromatic heterocycles. The second kappa shape index (κ2) is 7.07. The van der Waals surface area contributed by atoms with Crippen LogP contribution in [0.3, 0.4) is 0 Å². The number of hydrogen-bond donors (Lipinski definition) is 0. The van der Waals surface area contributed by atoms with Crippen LogP contribution in [-0.4, -0.2) is 19.5 Å². The van der Waals surface area contributed by atoms with Gasteiger partial charge in [-0.15, -0.1) is 0 Å². The number of methoxy groups -OCH3 is 1. The minimum Gasteiger partial charge on any atom is -0.385 e. The number of Topliss-reactive ketones (excluding diaryl/α,β-unsaturated/α-hetero) is 1. The van der Waals surface area contributed by atoms with Gasteiger partial charge in [-0.25, -0.2) is 0 Å². The molecule has 0 saturated heterocycles. The number of ketones is 1. The van der Waals surface area contributed by atoms with Crippen molar-refractivity contribution < 1.29 is 9.53 Å². The topological polar surface area (TPSA) is 26.3 Å². The first-order chi connectivity index (χ1) is 6.13. The van der Waals surface area contributed by atoms with E-state index in [0.717, 1.165) is 19.3 Å². The van der Waals surface area contributed by atoms with Crippen molar-refractivity contribution in [2.24, 2.45) is 11.8 Å². The smallest absolute Gasteiger partial charge is 0.138 e. The molecule has 0 N–H and O–H groups in total. The van der Waals surface area contributed by atoms with Crippen molar-refractivity contribution >= 4 is 5.78 Å². The van der Waals surface area contributed by atoms with E-state index in [0.29, 0.717) is 12.4 Å². The van der Waals surface area contributed by atoms with Crippen LogP contribution in [0.1, 0.15) is 40.0 Å². The fourth-order valence-electron chi connectivity index (χ4n) is 1.50. The molecule has 13 heavy (non-hydrogen) atoms. The molecule has 2 atom stereocenters. The monoisotopic (exact) mass is 186 g/mol. The summed E-state index contributed by atoms with van der Waals surface area (Å²) in [6.07, 6.45) is 2.95. The fourth-order valence-corrected chi connectivity index (χ4v) is 1.50. The van der Waals surface area contributed by atoms with Crippen molar-refractivity contribution in [1.82, 2.24) is 0 Å². The molecule has 2 unspecified atom stereocenters. The highest BCUT2D eigenvalue weighted by molar-refractivity contribution is 5.82. The Hall–Kier alpha value is -0.370. The van der Waals surface area contributed by atoms with E-state index in [2.05, 4.69) is 6.92 Å². The van der Waals surface area contributed by atoms with Crippen LogP contribution in [0, 0.1) is 11.8 Å². The molecule has 0 aliphatic heterocycles. The average Bonchev–Trinajstić information content (AvgIpc) is 2.13. The van der Waals surface area contributed by atoms with Gasteiger partial charge in [0.1, 0.15) is 5.78 Å². The van der Waals surface area contributed by atoms with Crippen LogP contribution >= 0.6 is 0 Å². The van der Waals surface area contributed by atoms with E-state index in [1.54, 1.807) is 7.11 Å². The van der Waals surface area contributed by atoms with Crippen LogP contribution in [-0.2, 0) is 9.53 Å². The minimum atomic E-state index is 0.154.